The summed E-state index contributed by atoms with van der Waals surface area (Å²) < 4.78 is 12.9. The van der Waals surface area contributed by atoms with E-state index in [1.165, 1.54) is 6.21 Å². The molecule has 0 saturated carbocycles. The number of aromatic amines is 1. The Kier molecular flexibility index (Phi) is 6.96. The summed E-state index contributed by atoms with van der Waals surface area (Å²) in [6.07, 6.45) is 1.37. The van der Waals surface area contributed by atoms with Crippen molar-refractivity contribution < 1.29 is 9.47 Å². The van der Waals surface area contributed by atoms with Crippen molar-refractivity contribution >= 4 is 44.6 Å². The van der Waals surface area contributed by atoms with E-state index < -0.39 is 11.2 Å². The number of nitrogens with zero attached hydrogens (tertiary/aromatic N) is 2. The number of benzene rings is 3. The van der Waals surface area contributed by atoms with Crippen molar-refractivity contribution in [1.29, 1.82) is 0 Å². The van der Waals surface area contributed by atoms with E-state index in [-0.39, 0.29) is 5.02 Å². The van der Waals surface area contributed by atoms with Crippen LogP contribution >= 0.6 is 27.5 Å². The minimum absolute atomic E-state index is 0.290. The predicted octanol–water partition coefficient (Wildman–Crippen LogP) is 4.97. The maximum absolute atomic E-state index is 12.7. The van der Waals surface area contributed by atoms with Crippen molar-refractivity contribution in [2.24, 2.45) is 5.10 Å². The van der Waals surface area contributed by atoms with Gasteiger partial charge < -0.3 is 14.5 Å². The number of aromatic nitrogens is 2. The summed E-state index contributed by atoms with van der Waals surface area (Å²) in [5.74, 6) is 0.801. The molecule has 0 atom stereocenters. The first-order chi connectivity index (χ1) is 16.0. The molecule has 33 heavy (non-hydrogen) atoms. The zero-order chi connectivity index (χ0) is 23.4. The van der Waals surface area contributed by atoms with Crippen molar-refractivity contribution in [3.8, 4) is 11.5 Å². The molecule has 0 unspecified atom stereocenters. The molecule has 0 amide bonds. The molecule has 0 saturated heterocycles. The van der Waals surface area contributed by atoms with Crippen molar-refractivity contribution in [3.05, 3.63) is 102 Å². The second-order valence-corrected chi connectivity index (χ2v) is 8.14. The molecule has 0 radical (unpaired) electrons. The molecule has 1 heterocycles. The average molecular weight is 529 g/mol. The summed E-state index contributed by atoms with van der Waals surface area (Å²) >= 11 is 10.0. The van der Waals surface area contributed by atoms with Gasteiger partial charge in [-0.15, -0.1) is 4.68 Å². The Hall–Kier alpha value is -3.36. The van der Waals surface area contributed by atoms with Crippen LogP contribution in [0.25, 0.3) is 10.9 Å². The lowest BCUT2D eigenvalue weighted by molar-refractivity contribution is 0.269. The highest BCUT2D eigenvalue weighted by atomic mass is 79.9. The number of rotatable bonds is 7. The number of fused-ring (bicyclic) bond motifs is 1. The van der Waals surface area contributed by atoms with Crippen LogP contribution in [0.1, 0.15) is 18.1 Å². The predicted molar refractivity (Wildman–Crippen MR) is 133 cm³/mol. The van der Waals surface area contributed by atoms with Crippen LogP contribution in [0.4, 0.5) is 0 Å². The van der Waals surface area contributed by atoms with E-state index in [1.54, 1.807) is 30.3 Å². The van der Waals surface area contributed by atoms with Gasteiger partial charge in [-0.3, -0.25) is 4.79 Å². The Labute approximate surface area is 202 Å². The van der Waals surface area contributed by atoms with E-state index in [2.05, 4.69) is 26.0 Å². The summed E-state index contributed by atoms with van der Waals surface area (Å²) in [6, 6.07) is 18.1. The van der Waals surface area contributed by atoms with Crippen LogP contribution in [-0.2, 0) is 6.61 Å². The summed E-state index contributed by atoms with van der Waals surface area (Å²) in [7, 11) is 0. The fourth-order valence-electron chi connectivity index (χ4n) is 3.20. The third kappa shape index (κ3) is 4.86. The van der Waals surface area contributed by atoms with Gasteiger partial charge in [-0.1, -0.05) is 54.1 Å². The second-order valence-electron chi connectivity index (χ2n) is 6.97. The number of nitrogens with one attached hydrogen (secondary N) is 1. The fourth-order valence-corrected chi connectivity index (χ4v) is 3.86. The van der Waals surface area contributed by atoms with Crippen LogP contribution < -0.4 is 20.7 Å². The molecule has 0 aliphatic heterocycles. The van der Waals surface area contributed by atoms with Crippen LogP contribution in [0.3, 0.4) is 0 Å². The molecule has 9 heteroatoms. The van der Waals surface area contributed by atoms with Gasteiger partial charge >= 0.3 is 5.69 Å². The highest BCUT2D eigenvalue weighted by Crippen LogP contribution is 2.42. The molecule has 0 aliphatic rings. The zero-order valence-electron chi connectivity index (χ0n) is 17.5. The quantitative estimate of drug-likeness (QED) is 0.343. The van der Waals surface area contributed by atoms with E-state index in [4.69, 9.17) is 21.1 Å². The fraction of sp³-hybridized carbons (Fsp3) is 0.125. The molecule has 4 aromatic rings. The van der Waals surface area contributed by atoms with E-state index in [0.717, 1.165) is 10.2 Å². The normalized spacial score (nSPS) is 11.2. The average Bonchev–Trinajstić information content (AvgIpc) is 2.82. The number of halogens is 2. The number of H-pyrrole nitrogens is 1. The van der Waals surface area contributed by atoms with Gasteiger partial charge in [0, 0.05) is 10.0 Å². The smallest absolute Gasteiger partial charge is 0.349 e. The summed E-state index contributed by atoms with van der Waals surface area (Å²) in [6.45, 7) is 2.54. The van der Waals surface area contributed by atoms with E-state index in [9.17, 15) is 9.59 Å². The van der Waals surface area contributed by atoms with E-state index >= 15 is 0 Å². The van der Waals surface area contributed by atoms with Gasteiger partial charge in [-0.2, -0.15) is 5.10 Å². The molecule has 3 aromatic carbocycles. The molecule has 1 aromatic heterocycles. The molecule has 0 fully saturated rings. The SMILES string of the molecule is CCOc1cc(C=Nn2c(=O)[nH]c3ccccc3c2=O)c(Br)c(Cl)c1OCc1ccccc1. The summed E-state index contributed by atoms with van der Waals surface area (Å²) in [4.78, 5) is 27.7. The van der Waals surface area contributed by atoms with Crippen LogP contribution in [0.15, 0.2) is 79.8 Å². The summed E-state index contributed by atoms with van der Waals surface area (Å²) in [5.41, 5.74) is 0.759. The maximum atomic E-state index is 12.7. The van der Waals surface area contributed by atoms with Gasteiger partial charge in [0.2, 0.25) is 0 Å². The molecule has 7 nitrogen and oxygen atoms in total. The third-order valence-corrected chi connectivity index (χ3v) is 6.22. The number of ether oxygens (including phenoxy) is 2. The third-order valence-electron chi connectivity index (χ3n) is 4.78. The molecule has 168 valence electrons. The van der Waals surface area contributed by atoms with E-state index in [1.807, 2.05) is 37.3 Å². The Balaban J connectivity index is 1.71. The van der Waals surface area contributed by atoms with Gasteiger partial charge in [0.05, 0.1) is 23.7 Å². The van der Waals surface area contributed by atoms with Crippen molar-refractivity contribution in [2.75, 3.05) is 6.61 Å². The van der Waals surface area contributed by atoms with Gasteiger partial charge in [0.15, 0.2) is 11.5 Å². The molecule has 1 N–H and O–H groups in total. The van der Waals surface area contributed by atoms with E-state index in [0.29, 0.717) is 45.7 Å². The number of para-hydroxylation sites is 1. The summed E-state index contributed by atoms with van der Waals surface area (Å²) in [5, 5.41) is 4.75. The highest BCUT2D eigenvalue weighted by molar-refractivity contribution is 9.10. The first-order valence-corrected chi connectivity index (χ1v) is 11.3. The zero-order valence-corrected chi connectivity index (χ0v) is 19.9. The molecular weight excluding hydrogens is 510 g/mol. The molecular formula is C24H19BrClN3O4. The number of hydrogen-bond donors (Lipinski definition) is 1. The minimum Gasteiger partial charge on any atom is -0.490 e. The molecule has 0 aliphatic carbocycles. The molecule has 0 spiro atoms. The number of hydrogen-bond acceptors (Lipinski definition) is 5. The van der Waals surface area contributed by atoms with Crippen LogP contribution in [-0.4, -0.2) is 22.5 Å². The molecule has 4 rings (SSSR count). The van der Waals surface area contributed by atoms with Gasteiger partial charge in [-0.25, -0.2) is 4.79 Å². The first kappa shape index (κ1) is 22.8. The largest absolute Gasteiger partial charge is 0.490 e. The standard InChI is InChI=1S/C24H19BrClN3O4/c1-2-32-19-12-16(20(25)21(26)22(19)33-14-15-8-4-3-5-9-15)13-27-29-23(30)17-10-6-7-11-18(17)28-24(29)31/h3-13H,2,14H2,1H3,(H,28,31). The lowest BCUT2D eigenvalue weighted by Crippen LogP contribution is -2.32. The monoisotopic (exact) mass is 527 g/mol. The van der Waals surface area contributed by atoms with Crippen molar-refractivity contribution in [2.45, 2.75) is 13.5 Å². The lowest BCUT2D eigenvalue weighted by atomic mass is 10.2. The van der Waals surface area contributed by atoms with Gasteiger partial charge in [-0.05, 0) is 46.6 Å². The van der Waals surface area contributed by atoms with Crippen molar-refractivity contribution in [3.63, 3.8) is 0 Å². The Morgan fingerprint density at radius 3 is 2.58 bits per heavy atom. The lowest BCUT2D eigenvalue weighted by Gasteiger charge is -2.16. The highest BCUT2D eigenvalue weighted by Gasteiger charge is 2.18. The Bertz CT molecular complexity index is 1450. The topological polar surface area (TPSA) is 85.7 Å². The molecule has 0 bridgehead atoms. The van der Waals surface area contributed by atoms with Gasteiger partial charge in [0.25, 0.3) is 5.56 Å². The van der Waals surface area contributed by atoms with Crippen molar-refractivity contribution in [1.82, 2.24) is 9.66 Å². The van der Waals surface area contributed by atoms with Crippen LogP contribution in [0, 0.1) is 0 Å². The Morgan fingerprint density at radius 1 is 1.09 bits per heavy atom. The minimum atomic E-state index is -0.648. The maximum Gasteiger partial charge on any atom is 0.349 e. The van der Waals surface area contributed by atoms with Crippen LogP contribution in [0.2, 0.25) is 5.02 Å². The second kappa shape index (κ2) is 10.1. The first-order valence-electron chi connectivity index (χ1n) is 10.1. The Morgan fingerprint density at radius 2 is 1.82 bits per heavy atom. The van der Waals surface area contributed by atoms with Gasteiger partial charge in [0.1, 0.15) is 11.6 Å². The van der Waals surface area contributed by atoms with Crippen LogP contribution in [0.5, 0.6) is 11.5 Å².